The molecule has 3 nitrogen and oxygen atoms in total. The number of rotatable bonds is 2. The standard InChI is InChI=1S/C15H15Br2NO2S/c1-8-6-19-11-3-2-9(4-12(11)20-7-8)14(18)10-5-13(16)21-15(10)17/h2-5,8,14H,6-7,18H2,1H3. The maximum Gasteiger partial charge on any atom is 0.161 e. The summed E-state index contributed by atoms with van der Waals surface area (Å²) < 4.78 is 13.7. The first-order chi connectivity index (χ1) is 10.0. The smallest absolute Gasteiger partial charge is 0.161 e. The van der Waals surface area contributed by atoms with E-state index in [1.165, 1.54) is 0 Å². The van der Waals surface area contributed by atoms with Crippen LogP contribution < -0.4 is 15.2 Å². The van der Waals surface area contributed by atoms with Gasteiger partial charge in [-0.2, -0.15) is 0 Å². The SMILES string of the molecule is CC1COc2ccc(C(N)c3cc(Br)sc3Br)cc2OC1. The lowest BCUT2D eigenvalue weighted by Gasteiger charge is -2.14. The molecular weight excluding hydrogens is 418 g/mol. The normalized spacial score (nSPS) is 19.1. The molecule has 3 rings (SSSR count). The van der Waals surface area contributed by atoms with Crippen molar-refractivity contribution in [3.05, 3.63) is 43.0 Å². The zero-order valence-corrected chi connectivity index (χ0v) is 15.4. The highest BCUT2D eigenvalue weighted by atomic mass is 79.9. The molecule has 0 fully saturated rings. The Hall–Kier alpha value is -0.560. The summed E-state index contributed by atoms with van der Waals surface area (Å²) in [6.07, 6.45) is 0. The molecule has 21 heavy (non-hydrogen) atoms. The van der Waals surface area contributed by atoms with Gasteiger partial charge in [0.1, 0.15) is 0 Å². The molecule has 0 amide bonds. The summed E-state index contributed by atoms with van der Waals surface area (Å²) >= 11 is 8.67. The number of nitrogens with two attached hydrogens (primary N) is 1. The van der Waals surface area contributed by atoms with E-state index in [0.29, 0.717) is 19.1 Å². The van der Waals surface area contributed by atoms with Gasteiger partial charge in [0.2, 0.25) is 0 Å². The van der Waals surface area contributed by atoms with Gasteiger partial charge in [-0.3, -0.25) is 0 Å². The zero-order valence-electron chi connectivity index (χ0n) is 11.4. The summed E-state index contributed by atoms with van der Waals surface area (Å²) in [5.74, 6) is 1.95. The molecule has 2 atom stereocenters. The molecule has 2 heterocycles. The monoisotopic (exact) mass is 431 g/mol. The highest BCUT2D eigenvalue weighted by Gasteiger charge is 2.19. The molecule has 6 heteroatoms. The van der Waals surface area contributed by atoms with Crippen molar-refractivity contribution in [3.8, 4) is 11.5 Å². The fraction of sp³-hybridized carbons (Fsp3) is 0.333. The van der Waals surface area contributed by atoms with Crippen molar-refractivity contribution in [2.75, 3.05) is 13.2 Å². The first-order valence-electron chi connectivity index (χ1n) is 6.64. The van der Waals surface area contributed by atoms with Gasteiger partial charge in [-0.25, -0.2) is 0 Å². The van der Waals surface area contributed by atoms with Crippen LogP contribution in [0.25, 0.3) is 0 Å². The van der Waals surface area contributed by atoms with E-state index in [0.717, 1.165) is 30.2 Å². The molecule has 2 aromatic rings. The van der Waals surface area contributed by atoms with Gasteiger partial charge in [-0.05, 0) is 61.2 Å². The van der Waals surface area contributed by atoms with Crippen LogP contribution in [0.1, 0.15) is 24.1 Å². The molecular formula is C15H15Br2NO2S. The van der Waals surface area contributed by atoms with Crippen LogP contribution in [0, 0.1) is 5.92 Å². The third-order valence-electron chi connectivity index (χ3n) is 3.39. The highest BCUT2D eigenvalue weighted by Crippen LogP contribution is 2.39. The van der Waals surface area contributed by atoms with Crippen molar-refractivity contribution in [1.82, 2.24) is 0 Å². The molecule has 2 N–H and O–H groups in total. The van der Waals surface area contributed by atoms with Gasteiger partial charge in [0, 0.05) is 5.92 Å². The van der Waals surface area contributed by atoms with Gasteiger partial charge in [-0.1, -0.05) is 13.0 Å². The molecule has 1 aliphatic heterocycles. The molecule has 1 aromatic heterocycles. The van der Waals surface area contributed by atoms with Crippen LogP contribution in [-0.4, -0.2) is 13.2 Å². The van der Waals surface area contributed by atoms with Gasteiger partial charge in [-0.15, -0.1) is 11.3 Å². The predicted octanol–water partition coefficient (Wildman–Crippen LogP) is 4.73. The van der Waals surface area contributed by atoms with Crippen molar-refractivity contribution in [1.29, 1.82) is 0 Å². The van der Waals surface area contributed by atoms with Gasteiger partial charge in [0.15, 0.2) is 11.5 Å². The number of hydrogen-bond acceptors (Lipinski definition) is 4. The van der Waals surface area contributed by atoms with Crippen molar-refractivity contribution >= 4 is 43.2 Å². The molecule has 1 aliphatic rings. The van der Waals surface area contributed by atoms with Crippen LogP contribution in [0.3, 0.4) is 0 Å². The fourth-order valence-corrected chi connectivity index (χ4v) is 5.14. The van der Waals surface area contributed by atoms with Crippen molar-refractivity contribution in [2.45, 2.75) is 13.0 Å². The lowest BCUT2D eigenvalue weighted by Crippen LogP contribution is -2.12. The average molecular weight is 433 g/mol. The minimum Gasteiger partial charge on any atom is -0.489 e. The molecule has 0 saturated heterocycles. The molecule has 0 bridgehead atoms. The maximum atomic E-state index is 6.39. The molecule has 2 unspecified atom stereocenters. The second-order valence-corrected chi connectivity index (χ2v) is 8.94. The van der Waals surface area contributed by atoms with E-state index in [-0.39, 0.29) is 6.04 Å². The van der Waals surface area contributed by atoms with Gasteiger partial charge in [0.05, 0.1) is 26.8 Å². The van der Waals surface area contributed by atoms with Crippen LogP contribution >= 0.6 is 43.2 Å². The number of benzene rings is 1. The van der Waals surface area contributed by atoms with Crippen LogP contribution in [0.2, 0.25) is 0 Å². The minimum atomic E-state index is -0.198. The molecule has 112 valence electrons. The van der Waals surface area contributed by atoms with E-state index in [1.807, 2.05) is 24.3 Å². The quantitative estimate of drug-likeness (QED) is 0.745. The minimum absolute atomic E-state index is 0.198. The second kappa shape index (κ2) is 6.28. The van der Waals surface area contributed by atoms with Crippen LogP contribution in [0.4, 0.5) is 0 Å². The lowest BCUT2D eigenvalue weighted by molar-refractivity contribution is 0.228. The Morgan fingerprint density at radius 2 is 1.90 bits per heavy atom. The molecule has 0 spiro atoms. The van der Waals surface area contributed by atoms with Gasteiger partial charge < -0.3 is 15.2 Å². The Kier molecular flexibility index (Phi) is 4.59. The largest absolute Gasteiger partial charge is 0.489 e. The molecule has 0 saturated carbocycles. The first kappa shape index (κ1) is 15.3. The third kappa shape index (κ3) is 3.28. The maximum absolute atomic E-state index is 6.39. The van der Waals surface area contributed by atoms with Crippen LogP contribution in [0.5, 0.6) is 11.5 Å². The Balaban J connectivity index is 1.91. The fourth-order valence-electron chi connectivity index (χ4n) is 2.21. The first-order valence-corrected chi connectivity index (χ1v) is 9.04. The van der Waals surface area contributed by atoms with Crippen LogP contribution in [-0.2, 0) is 0 Å². The molecule has 0 radical (unpaired) electrons. The van der Waals surface area contributed by atoms with E-state index in [1.54, 1.807) is 11.3 Å². The average Bonchev–Trinajstić information content (AvgIpc) is 2.69. The van der Waals surface area contributed by atoms with Crippen molar-refractivity contribution in [2.24, 2.45) is 11.7 Å². The Bertz CT molecular complexity index is 659. The van der Waals surface area contributed by atoms with Crippen molar-refractivity contribution < 1.29 is 9.47 Å². The molecule has 1 aromatic carbocycles. The van der Waals surface area contributed by atoms with Crippen LogP contribution in [0.15, 0.2) is 31.8 Å². The van der Waals surface area contributed by atoms with E-state index < -0.39 is 0 Å². The predicted molar refractivity (Wildman–Crippen MR) is 92.3 cm³/mol. The number of halogens is 2. The summed E-state index contributed by atoms with van der Waals surface area (Å²) in [6, 6.07) is 7.77. The van der Waals surface area contributed by atoms with Gasteiger partial charge in [0.25, 0.3) is 0 Å². The Labute approximate surface area is 144 Å². The molecule has 0 aliphatic carbocycles. The summed E-state index contributed by atoms with van der Waals surface area (Å²) in [5, 5.41) is 0. The lowest BCUT2D eigenvalue weighted by atomic mass is 10.0. The second-order valence-electron chi connectivity index (χ2n) is 5.19. The third-order valence-corrected chi connectivity index (χ3v) is 5.78. The Morgan fingerprint density at radius 3 is 2.57 bits per heavy atom. The summed E-state index contributed by atoms with van der Waals surface area (Å²) in [4.78, 5) is 0. The Morgan fingerprint density at radius 1 is 1.19 bits per heavy atom. The van der Waals surface area contributed by atoms with E-state index >= 15 is 0 Å². The summed E-state index contributed by atoms with van der Waals surface area (Å²) in [7, 11) is 0. The number of fused-ring (bicyclic) bond motifs is 1. The zero-order chi connectivity index (χ0) is 15.0. The van der Waals surface area contributed by atoms with Gasteiger partial charge >= 0.3 is 0 Å². The number of ether oxygens (including phenoxy) is 2. The van der Waals surface area contributed by atoms with E-state index in [2.05, 4.69) is 38.8 Å². The van der Waals surface area contributed by atoms with Crippen molar-refractivity contribution in [3.63, 3.8) is 0 Å². The highest BCUT2D eigenvalue weighted by molar-refractivity contribution is 9.12. The summed E-state index contributed by atoms with van der Waals surface area (Å²) in [5.41, 5.74) is 8.47. The topological polar surface area (TPSA) is 44.5 Å². The number of thiophene rings is 1. The summed E-state index contributed by atoms with van der Waals surface area (Å²) in [6.45, 7) is 3.46. The van der Waals surface area contributed by atoms with E-state index in [9.17, 15) is 0 Å². The van der Waals surface area contributed by atoms with E-state index in [4.69, 9.17) is 15.2 Å². The number of hydrogen-bond donors (Lipinski definition) is 1.